The molecule has 7 heteroatoms. The number of thiophene rings is 1. The number of aliphatic hydroxyl groups is 1. The maximum Gasteiger partial charge on any atom is 0.313 e. The number of nitrogens with zero attached hydrogens (tertiary/aromatic N) is 1. The maximum atomic E-state index is 12.1. The number of carboxylic acids is 1. The number of rotatable bonds is 4. The summed E-state index contributed by atoms with van der Waals surface area (Å²) in [7, 11) is 2.11. The molecule has 2 N–H and O–H groups in total. The number of fused-ring (bicyclic) bond motifs is 2. The molecule has 5 nitrogen and oxygen atoms in total. The summed E-state index contributed by atoms with van der Waals surface area (Å²) in [6.07, 6.45) is 1.83. The molecule has 0 spiro atoms. The number of hydrogen-bond acceptors (Lipinski definition) is 6. The quantitative estimate of drug-likeness (QED) is 0.760. The molecule has 1 aromatic carbocycles. The van der Waals surface area contributed by atoms with Crippen molar-refractivity contribution in [3.63, 3.8) is 0 Å². The van der Waals surface area contributed by atoms with E-state index < -0.39 is 11.6 Å². The number of carbonyl (C=O) groups is 1. The normalized spacial score (nSPS) is 23.2. The first-order chi connectivity index (χ1) is 13.0. The van der Waals surface area contributed by atoms with Crippen LogP contribution >= 0.6 is 23.1 Å². The van der Waals surface area contributed by atoms with Crippen LogP contribution in [-0.4, -0.2) is 47.0 Å². The number of piperidine rings is 1. The average molecular weight is 406 g/mol. The minimum absolute atomic E-state index is 0.00342. The largest absolute Gasteiger partial charge is 0.488 e. The van der Waals surface area contributed by atoms with E-state index in [0.29, 0.717) is 12.4 Å². The van der Waals surface area contributed by atoms with Crippen molar-refractivity contribution in [3.05, 3.63) is 45.6 Å². The molecule has 1 saturated heterocycles. The van der Waals surface area contributed by atoms with Crippen LogP contribution in [-0.2, 0) is 17.0 Å². The molecule has 0 saturated carbocycles. The van der Waals surface area contributed by atoms with Crippen molar-refractivity contribution in [1.82, 2.24) is 4.90 Å². The zero-order valence-corrected chi connectivity index (χ0v) is 16.8. The third kappa shape index (κ3) is 3.49. The number of likely N-dealkylation sites (tertiary alicyclic amines) is 1. The van der Waals surface area contributed by atoms with Gasteiger partial charge in [-0.15, -0.1) is 23.1 Å². The van der Waals surface area contributed by atoms with Gasteiger partial charge in [-0.3, -0.25) is 4.79 Å². The first kappa shape index (κ1) is 18.8. The molecule has 0 radical (unpaired) electrons. The third-order valence-corrected chi connectivity index (χ3v) is 7.57. The topological polar surface area (TPSA) is 70.0 Å². The van der Waals surface area contributed by atoms with E-state index in [-0.39, 0.29) is 11.7 Å². The van der Waals surface area contributed by atoms with Crippen molar-refractivity contribution in [1.29, 1.82) is 0 Å². The van der Waals surface area contributed by atoms with Crippen LogP contribution in [0.25, 0.3) is 0 Å². The summed E-state index contributed by atoms with van der Waals surface area (Å²) in [4.78, 5) is 15.1. The Hall–Kier alpha value is -1.54. The maximum absolute atomic E-state index is 12.1. The second kappa shape index (κ2) is 7.47. The van der Waals surface area contributed by atoms with E-state index in [1.165, 1.54) is 11.8 Å². The van der Waals surface area contributed by atoms with Gasteiger partial charge in [0.05, 0.1) is 5.75 Å². The molecule has 4 rings (SSSR count). The fourth-order valence-corrected chi connectivity index (χ4v) is 5.82. The van der Waals surface area contributed by atoms with Gasteiger partial charge in [-0.2, -0.15) is 0 Å². The van der Waals surface area contributed by atoms with Gasteiger partial charge in [-0.25, -0.2) is 0 Å². The Morgan fingerprint density at radius 1 is 1.37 bits per heavy atom. The van der Waals surface area contributed by atoms with Gasteiger partial charge < -0.3 is 19.8 Å². The zero-order valence-electron chi connectivity index (χ0n) is 15.2. The molecule has 2 aliphatic heterocycles. The van der Waals surface area contributed by atoms with E-state index >= 15 is 0 Å². The summed E-state index contributed by atoms with van der Waals surface area (Å²) in [5.74, 6) is -0.0561. The molecular weight excluding hydrogens is 382 g/mol. The molecule has 0 aliphatic carbocycles. The minimum atomic E-state index is -1.10. The fourth-order valence-electron chi connectivity index (χ4n) is 4.06. The van der Waals surface area contributed by atoms with Gasteiger partial charge in [0, 0.05) is 20.9 Å². The molecule has 2 aliphatic rings. The number of hydrogen-bond donors (Lipinski definition) is 2. The SMILES string of the molecule is CN1CCC(C2(O)c3cc(SCC(=O)O)ccc3OCc3ccsc32)CC1. The fraction of sp³-hybridized carbons (Fsp3) is 0.450. The lowest BCUT2D eigenvalue weighted by Crippen LogP contribution is -2.43. The highest BCUT2D eigenvalue weighted by Crippen LogP contribution is 2.50. The Kier molecular flexibility index (Phi) is 5.20. The Balaban J connectivity index is 1.80. The van der Waals surface area contributed by atoms with Crippen LogP contribution in [0.4, 0.5) is 0 Å². The van der Waals surface area contributed by atoms with Crippen LogP contribution in [0.5, 0.6) is 5.75 Å². The summed E-state index contributed by atoms with van der Waals surface area (Å²) in [5, 5.41) is 23.2. The lowest BCUT2D eigenvalue weighted by atomic mass is 9.74. The molecule has 2 aromatic rings. The van der Waals surface area contributed by atoms with E-state index in [9.17, 15) is 9.90 Å². The van der Waals surface area contributed by atoms with E-state index in [1.807, 2.05) is 29.6 Å². The van der Waals surface area contributed by atoms with Gasteiger partial charge in [-0.1, -0.05) is 0 Å². The second-order valence-corrected chi connectivity index (χ2v) is 9.21. The number of ether oxygens (including phenoxy) is 1. The highest BCUT2D eigenvalue weighted by atomic mass is 32.2. The van der Waals surface area contributed by atoms with Crippen molar-refractivity contribution >= 4 is 29.1 Å². The van der Waals surface area contributed by atoms with Crippen molar-refractivity contribution in [2.24, 2.45) is 5.92 Å². The summed E-state index contributed by atoms with van der Waals surface area (Å²) in [6.45, 7) is 2.36. The molecule has 0 bridgehead atoms. The van der Waals surface area contributed by atoms with Crippen molar-refractivity contribution < 1.29 is 19.7 Å². The minimum Gasteiger partial charge on any atom is -0.488 e. The predicted octanol–water partition coefficient (Wildman–Crippen LogP) is 3.39. The van der Waals surface area contributed by atoms with Crippen LogP contribution < -0.4 is 4.74 Å². The van der Waals surface area contributed by atoms with Gasteiger partial charge in [-0.05, 0) is 68.5 Å². The summed E-state index contributed by atoms with van der Waals surface area (Å²) in [6, 6.07) is 7.71. The van der Waals surface area contributed by atoms with Gasteiger partial charge in [0.1, 0.15) is 18.0 Å². The van der Waals surface area contributed by atoms with Crippen LogP contribution in [0.1, 0.15) is 28.8 Å². The highest BCUT2D eigenvalue weighted by Gasteiger charge is 2.46. The standard InChI is InChI=1S/C20H23NO4S2/c1-21-7-4-14(5-8-21)20(24)16-10-15(27-12-18(22)23)2-3-17(16)25-11-13-6-9-26-19(13)20/h2-3,6,9-10,14,24H,4-5,7-8,11-12H2,1H3,(H,22,23). The summed E-state index contributed by atoms with van der Waals surface area (Å²) < 4.78 is 6.03. The molecule has 27 heavy (non-hydrogen) atoms. The monoisotopic (exact) mass is 405 g/mol. The Morgan fingerprint density at radius 3 is 2.89 bits per heavy atom. The van der Waals surface area contributed by atoms with Crippen LogP contribution in [0.15, 0.2) is 34.5 Å². The van der Waals surface area contributed by atoms with Crippen LogP contribution in [0.2, 0.25) is 0 Å². The molecular formula is C20H23NO4S2. The van der Waals surface area contributed by atoms with Crippen molar-refractivity contribution in [2.45, 2.75) is 29.9 Å². The van der Waals surface area contributed by atoms with E-state index in [0.717, 1.165) is 46.8 Å². The number of benzene rings is 1. The Bertz CT molecular complexity index is 844. The Labute approximate surface area is 167 Å². The summed E-state index contributed by atoms with van der Waals surface area (Å²) in [5.41, 5.74) is 0.710. The highest BCUT2D eigenvalue weighted by molar-refractivity contribution is 8.00. The van der Waals surface area contributed by atoms with Crippen molar-refractivity contribution in [3.8, 4) is 5.75 Å². The van der Waals surface area contributed by atoms with Gasteiger partial charge in [0.15, 0.2) is 0 Å². The van der Waals surface area contributed by atoms with Crippen LogP contribution in [0, 0.1) is 5.92 Å². The van der Waals surface area contributed by atoms with Crippen molar-refractivity contribution in [2.75, 3.05) is 25.9 Å². The molecule has 1 atom stereocenters. The van der Waals surface area contributed by atoms with Gasteiger partial charge in [0.25, 0.3) is 0 Å². The third-order valence-electron chi connectivity index (χ3n) is 5.51. The number of aliphatic carboxylic acids is 1. The van der Waals surface area contributed by atoms with E-state index in [4.69, 9.17) is 9.84 Å². The average Bonchev–Trinajstić information content (AvgIpc) is 3.10. The smallest absolute Gasteiger partial charge is 0.313 e. The molecule has 1 aromatic heterocycles. The molecule has 1 unspecified atom stereocenters. The van der Waals surface area contributed by atoms with E-state index in [2.05, 4.69) is 11.9 Å². The molecule has 1 fully saturated rings. The molecule has 3 heterocycles. The van der Waals surface area contributed by atoms with Gasteiger partial charge >= 0.3 is 5.97 Å². The number of thioether (sulfide) groups is 1. The van der Waals surface area contributed by atoms with Gasteiger partial charge in [0.2, 0.25) is 0 Å². The predicted molar refractivity (Wildman–Crippen MR) is 107 cm³/mol. The lowest BCUT2D eigenvalue weighted by Gasteiger charge is -2.40. The zero-order chi connectivity index (χ0) is 19.0. The van der Waals surface area contributed by atoms with E-state index in [1.54, 1.807) is 11.3 Å². The lowest BCUT2D eigenvalue weighted by molar-refractivity contribution is -0.133. The van der Waals surface area contributed by atoms with Crippen LogP contribution in [0.3, 0.4) is 0 Å². The molecule has 0 amide bonds. The Morgan fingerprint density at radius 2 is 2.15 bits per heavy atom. The first-order valence-electron chi connectivity index (χ1n) is 9.08. The summed E-state index contributed by atoms with van der Waals surface area (Å²) >= 11 is 2.85. The number of carboxylic acid groups (broad SMARTS) is 1. The second-order valence-electron chi connectivity index (χ2n) is 7.25. The first-order valence-corrected chi connectivity index (χ1v) is 10.9. The molecule has 144 valence electrons.